The fraction of sp³-hybridized carbons (Fsp3) is 0.500. The second kappa shape index (κ2) is 7.05. The molecule has 3 heteroatoms. The highest BCUT2D eigenvalue weighted by Gasteiger charge is 2.19. The van der Waals surface area contributed by atoms with Crippen LogP contribution in [0.15, 0.2) is 24.3 Å². The zero-order valence-corrected chi connectivity index (χ0v) is 10.4. The van der Waals surface area contributed by atoms with E-state index in [1.165, 1.54) is 12.1 Å². The van der Waals surface area contributed by atoms with Crippen LogP contribution in [-0.4, -0.2) is 12.6 Å². The van der Waals surface area contributed by atoms with Gasteiger partial charge in [0.05, 0.1) is 12.5 Å². The summed E-state index contributed by atoms with van der Waals surface area (Å²) in [5.41, 5.74) is 0.970. The van der Waals surface area contributed by atoms with E-state index >= 15 is 0 Å². The van der Waals surface area contributed by atoms with Crippen LogP contribution >= 0.6 is 0 Å². The van der Waals surface area contributed by atoms with Crippen LogP contribution in [-0.2, 0) is 16.0 Å². The largest absolute Gasteiger partial charge is 0.466 e. The van der Waals surface area contributed by atoms with Gasteiger partial charge in [-0.3, -0.25) is 4.79 Å². The van der Waals surface area contributed by atoms with E-state index in [1.54, 1.807) is 19.1 Å². The van der Waals surface area contributed by atoms with E-state index in [4.69, 9.17) is 4.74 Å². The first kappa shape index (κ1) is 13.7. The van der Waals surface area contributed by atoms with Crippen LogP contribution in [0.3, 0.4) is 0 Å². The topological polar surface area (TPSA) is 26.3 Å². The minimum atomic E-state index is -0.253. The molecule has 0 fully saturated rings. The van der Waals surface area contributed by atoms with Gasteiger partial charge in [-0.15, -0.1) is 0 Å². The molecule has 1 aromatic rings. The summed E-state index contributed by atoms with van der Waals surface area (Å²) in [6, 6.07) is 6.28. The van der Waals surface area contributed by atoms with E-state index in [9.17, 15) is 9.18 Å². The highest BCUT2D eigenvalue weighted by Crippen LogP contribution is 2.16. The summed E-state index contributed by atoms with van der Waals surface area (Å²) in [5, 5.41) is 0. The molecule has 0 bridgehead atoms. The van der Waals surface area contributed by atoms with Crippen molar-refractivity contribution in [2.75, 3.05) is 6.61 Å². The first-order chi connectivity index (χ1) is 8.17. The van der Waals surface area contributed by atoms with Gasteiger partial charge in [-0.2, -0.15) is 0 Å². The van der Waals surface area contributed by atoms with Gasteiger partial charge in [0.2, 0.25) is 0 Å². The minimum Gasteiger partial charge on any atom is -0.466 e. The van der Waals surface area contributed by atoms with Crippen molar-refractivity contribution in [3.63, 3.8) is 0 Å². The lowest BCUT2D eigenvalue weighted by Gasteiger charge is -2.14. The molecule has 17 heavy (non-hydrogen) atoms. The van der Waals surface area contributed by atoms with Crippen molar-refractivity contribution in [2.45, 2.75) is 33.1 Å². The Kier molecular flexibility index (Phi) is 5.67. The summed E-state index contributed by atoms with van der Waals surface area (Å²) >= 11 is 0. The SMILES string of the molecule is CCCC(Cc1ccc(F)cc1)C(=O)OCC. The molecule has 0 saturated carbocycles. The Bertz CT molecular complexity index is 346. The maximum atomic E-state index is 12.8. The van der Waals surface area contributed by atoms with Crippen molar-refractivity contribution in [1.82, 2.24) is 0 Å². The van der Waals surface area contributed by atoms with Crippen molar-refractivity contribution >= 4 is 5.97 Å². The molecule has 94 valence electrons. The van der Waals surface area contributed by atoms with Crippen LogP contribution in [0.25, 0.3) is 0 Å². The zero-order valence-electron chi connectivity index (χ0n) is 10.4. The average molecular weight is 238 g/mol. The third-order valence-corrected chi connectivity index (χ3v) is 2.65. The lowest BCUT2D eigenvalue weighted by atomic mass is 9.95. The van der Waals surface area contributed by atoms with Crippen molar-refractivity contribution in [2.24, 2.45) is 5.92 Å². The van der Waals surface area contributed by atoms with Gasteiger partial charge in [0, 0.05) is 0 Å². The van der Waals surface area contributed by atoms with Crippen LogP contribution in [0, 0.1) is 11.7 Å². The summed E-state index contributed by atoms with van der Waals surface area (Å²) < 4.78 is 17.8. The molecule has 0 aliphatic carbocycles. The van der Waals surface area contributed by atoms with E-state index < -0.39 is 0 Å². The second-order valence-electron chi connectivity index (χ2n) is 4.07. The molecule has 1 rings (SSSR count). The molecule has 1 unspecified atom stereocenters. The summed E-state index contributed by atoms with van der Waals surface area (Å²) in [4.78, 5) is 11.7. The van der Waals surface area contributed by atoms with Crippen LogP contribution in [0.1, 0.15) is 32.3 Å². The maximum absolute atomic E-state index is 12.8. The number of esters is 1. The number of carbonyl (C=O) groups is 1. The van der Waals surface area contributed by atoms with Crippen LogP contribution in [0.5, 0.6) is 0 Å². The van der Waals surface area contributed by atoms with E-state index in [0.717, 1.165) is 18.4 Å². The van der Waals surface area contributed by atoms with E-state index in [1.807, 2.05) is 6.92 Å². The molecule has 0 aromatic heterocycles. The molecule has 0 aliphatic rings. The number of benzene rings is 1. The highest BCUT2D eigenvalue weighted by molar-refractivity contribution is 5.72. The second-order valence-corrected chi connectivity index (χ2v) is 4.07. The number of halogens is 1. The molecule has 0 heterocycles. The molecule has 0 radical (unpaired) electrons. The molecular formula is C14H19FO2. The Hall–Kier alpha value is -1.38. The van der Waals surface area contributed by atoms with Gasteiger partial charge in [0.1, 0.15) is 5.82 Å². The fourth-order valence-electron chi connectivity index (χ4n) is 1.82. The molecule has 2 nitrogen and oxygen atoms in total. The summed E-state index contributed by atoms with van der Waals surface area (Å²) in [6.07, 6.45) is 2.35. The van der Waals surface area contributed by atoms with Crippen molar-refractivity contribution in [3.05, 3.63) is 35.6 Å². The van der Waals surface area contributed by atoms with Crippen molar-refractivity contribution in [3.8, 4) is 0 Å². The van der Waals surface area contributed by atoms with Crippen LogP contribution in [0.2, 0.25) is 0 Å². The third kappa shape index (κ3) is 4.55. The van der Waals surface area contributed by atoms with Crippen molar-refractivity contribution in [1.29, 1.82) is 0 Å². The van der Waals surface area contributed by atoms with Crippen LogP contribution in [0.4, 0.5) is 4.39 Å². The number of rotatable bonds is 6. The number of hydrogen-bond acceptors (Lipinski definition) is 2. The first-order valence-electron chi connectivity index (χ1n) is 6.08. The van der Waals surface area contributed by atoms with Gasteiger partial charge in [-0.1, -0.05) is 25.5 Å². The highest BCUT2D eigenvalue weighted by atomic mass is 19.1. The lowest BCUT2D eigenvalue weighted by molar-refractivity contribution is -0.148. The molecule has 0 amide bonds. The minimum absolute atomic E-state index is 0.120. The molecule has 0 spiro atoms. The predicted molar refractivity (Wildman–Crippen MR) is 65.1 cm³/mol. The summed E-state index contributed by atoms with van der Waals surface area (Å²) in [5.74, 6) is -0.527. The van der Waals surface area contributed by atoms with E-state index in [-0.39, 0.29) is 17.7 Å². The smallest absolute Gasteiger partial charge is 0.309 e. The Morgan fingerprint density at radius 3 is 2.47 bits per heavy atom. The molecule has 1 aromatic carbocycles. The zero-order chi connectivity index (χ0) is 12.7. The van der Waals surface area contributed by atoms with E-state index in [0.29, 0.717) is 13.0 Å². The monoisotopic (exact) mass is 238 g/mol. The van der Waals surface area contributed by atoms with Gasteiger partial charge in [-0.05, 0) is 37.5 Å². The van der Waals surface area contributed by atoms with Gasteiger partial charge in [-0.25, -0.2) is 4.39 Å². The molecule has 1 atom stereocenters. The van der Waals surface area contributed by atoms with Crippen LogP contribution < -0.4 is 0 Å². The third-order valence-electron chi connectivity index (χ3n) is 2.65. The fourth-order valence-corrected chi connectivity index (χ4v) is 1.82. The van der Waals surface area contributed by atoms with Gasteiger partial charge in [0.15, 0.2) is 0 Å². The molecule has 0 saturated heterocycles. The Balaban J connectivity index is 2.65. The maximum Gasteiger partial charge on any atom is 0.309 e. The van der Waals surface area contributed by atoms with E-state index in [2.05, 4.69) is 0 Å². The standard InChI is InChI=1S/C14H19FO2/c1-3-5-12(14(16)17-4-2)10-11-6-8-13(15)9-7-11/h6-9,12H,3-5,10H2,1-2H3. The number of ether oxygens (including phenoxy) is 1. The average Bonchev–Trinajstić information content (AvgIpc) is 2.31. The number of carbonyl (C=O) groups excluding carboxylic acids is 1. The molecule has 0 aliphatic heterocycles. The Morgan fingerprint density at radius 2 is 1.94 bits per heavy atom. The lowest BCUT2D eigenvalue weighted by Crippen LogP contribution is -2.20. The normalized spacial score (nSPS) is 12.2. The van der Waals surface area contributed by atoms with Gasteiger partial charge in [0.25, 0.3) is 0 Å². The molecule has 0 N–H and O–H groups in total. The summed E-state index contributed by atoms with van der Waals surface area (Å²) in [6.45, 7) is 4.25. The first-order valence-corrected chi connectivity index (χ1v) is 6.08. The quantitative estimate of drug-likeness (QED) is 0.710. The number of hydrogen-bond donors (Lipinski definition) is 0. The summed E-state index contributed by atoms with van der Waals surface area (Å²) in [7, 11) is 0. The van der Waals surface area contributed by atoms with Gasteiger partial charge >= 0.3 is 5.97 Å². The Labute approximate surface area is 102 Å². The Morgan fingerprint density at radius 1 is 1.29 bits per heavy atom. The molecular weight excluding hydrogens is 219 g/mol. The van der Waals surface area contributed by atoms with Gasteiger partial charge < -0.3 is 4.74 Å². The van der Waals surface area contributed by atoms with Crippen molar-refractivity contribution < 1.29 is 13.9 Å². The predicted octanol–water partition coefficient (Wildman–Crippen LogP) is 3.35.